The summed E-state index contributed by atoms with van der Waals surface area (Å²) < 4.78 is 11.0. The standard InChI is InChI=1S/C19H28N2O2.C2H6/c1-21-9-8-19(7-6-18(11-17(19)21)12-20-13-18)14-4-5-15(22-2)16(10-14)23-3;1-2/h4-5,10,17,20H,6-9,11-13H2,1-3H3;1-2H3/t17-,19-;/m0./s1. The molecule has 4 rings (SSSR count). The molecule has 0 radical (unpaired) electrons. The minimum absolute atomic E-state index is 0.287. The Hall–Kier alpha value is -1.26. The molecule has 1 N–H and O–H groups in total. The van der Waals surface area contributed by atoms with Gasteiger partial charge in [0.1, 0.15) is 0 Å². The summed E-state index contributed by atoms with van der Waals surface area (Å²) in [5.41, 5.74) is 2.28. The van der Waals surface area contributed by atoms with Gasteiger partial charge in [0.05, 0.1) is 14.2 Å². The van der Waals surface area contributed by atoms with E-state index >= 15 is 0 Å². The van der Waals surface area contributed by atoms with Crippen LogP contribution in [0.15, 0.2) is 18.2 Å². The van der Waals surface area contributed by atoms with E-state index < -0.39 is 0 Å². The van der Waals surface area contributed by atoms with Gasteiger partial charge in [0, 0.05) is 24.5 Å². The van der Waals surface area contributed by atoms with Gasteiger partial charge in [-0.25, -0.2) is 0 Å². The van der Waals surface area contributed by atoms with E-state index in [-0.39, 0.29) is 5.41 Å². The average molecular weight is 347 g/mol. The lowest BCUT2D eigenvalue weighted by atomic mass is 9.57. The summed E-state index contributed by atoms with van der Waals surface area (Å²) in [6.45, 7) is 7.61. The van der Waals surface area contributed by atoms with Crippen LogP contribution in [0.5, 0.6) is 11.5 Å². The quantitative estimate of drug-likeness (QED) is 0.909. The summed E-state index contributed by atoms with van der Waals surface area (Å²) in [7, 11) is 5.74. The molecule has 1 spiro atoms. The Balaban J connectivity index is 0.000000880. The third kappa shape index (κ3) is 2.93. The summed E-state index contributed by atoms with van der Waals surface area (Å²) in [6, 6.07) is 7.22. The van der Waals surface area contributed by atoms with Crippen molar-refractivity contribution in [2.75, 3.05) is 40.9 Å². The van der Waals surface area contributed by atoms with Crippen molar-refractivity contribution in [1.29, 1.82) is 0 Å². The molecule has 1 aromatic carbocycles. The van der Waals surface area contributed by atoms with Gasteiger partial charge in [-0.05, 0) is 62.4 Å². The van der Waals surface area contributed by atoms with Crippen molar-refractivity contribution in [1.82, 2.24) is 10.2 Å². The predicted octanol–water partition coefficient (Wildman–Crippen LogP) is 3.45. The normalized spacial score (nSPS) is 30.0. The summed E-state index contributed by atoms with van der Waals surface area (Å²) in [4.78, 5) is 2.59. The van der Waals surface area contributed by atoms with Crippen LogP contribution >= 0.6 is 0 Å². The van der Waals surface area contributed by atoms with E-state index in [1.807, 2.05) is 13.8 Å². The number of rotatable bonds is 3. The van der Waals surface area contributed by atoms with E-state index in [0.717, 1.165) is 11.5 Å². The predicted molar refractivity (Wildman–Crippen MR) is 103 cm³/mol. The number of hydrogen-bond acceptors (Lipinski definition) is 4. The van der Waals surface area contributed by atoms with Gasteiger partial charge in [0.15, 0.2) is 11.5 Å². The van der Waals surface area contributed by atoms with Gasteiger partial charge in [-0.3, -0.25) is 0 Å². The highest BCUT2D eigenvalue weighted by Gasteiger charge is 2.55. The molecule has 25 heavy (non-hydrogen) atoms. The largest absolute Gasteiger partial charge is 0.493 e. The van der Waals surface area contributed by atoms with Crippen LogP contribution in [0.1, 0.15) is 45.1 Å². The Bertz CT molecular complexity index is 600. The molecule has 0 unspecified atom stereocenters. The van der Waals surface area contributed by atoms with Crippen molar-refractivity contribution in [2.24, 2.45) is 5.41 Å². The highest BCUT2D eigenvalue weighted by atomic mass is 16.5. The highest BCUT2D eigenvalue weighted by molar-refractivity contribution is 5.46. The van der Waals surface area contributed by atoms with E-state index in [0.29, 0.717) is 11.5 Å². The number of methoxy groups -OCH3 is 2. The Morgan fingerprint density at radius 2 is 1.76 bits per heavy atom. The van der Waals surface area contributed by atoms with E-state index in [2.05, 4.69) is 35.5 Å². The summed E-state index contributed by atoms with van der Waals surface area (Å²) >= 11 is 0. The van der Waals surface area contributed by atoms with Crippen LogP contribution in [-0.2, 0) is 5.41 Å². The molecule has 0 aromatic heterocycles. The van der Waals surface area contributed by atoms with Gasteiger partial charge in [0.25, 0.3) is 0 Å². The maximum Gasteiger partial charge on any atom is 0.161 e. The molecule has 2 aliphatic heterocycles. The molecule has 3 aliphatic rings. The molecule has 3 fully saturated rings. The minimum Gasteiger partial charge on any atom is -0.493 e. The fourth-order valence-corrected chi connectivity index (χ4v) is 5.19. The molecule has 0 bridgehead atoms. The van der Waals surface area contributed by atoms with Gasteiger partial charge in [0.2, 0.25) is 0 Å². The second-order valence-electron chi connectivity index (χ2n) is 7.78. The fourth-order valence-electron chi connectivity index (χ4n) is 5.19. The van der Waals surface area contributed by atoms with Crippen molar-refractivity contribution in [3.8, 4) is 11.5 Å². The Morgan fingerprint density at radius 3 is 2.36 bits per heavy atom. The van der Waals surface area contributed by atoms with E-state index in [4.69, 9.17) is 9.47 Å². The Kier molecular flexibility index (Phi) is 5.31. The zero-order valence-corrected chi connectivity index (χ0v) is 16.5. The molecule has 4 nitrogen and oxygen atoms in total. The molecular formula is C21H34N2O2. The molecule has 140 valence electrons. The number of hydrogen-bond donors (Lipinski definition) is 1. The fraction of sp³-hybridized carbons (Fsp3) is 0.714. The van der Waals surface area contributed by atoms with Crippen LogP contribution in [0, 0.1) is 5.41 Å². The number of likely N-dealkylation sites (N-methyl/N-ethyl adjacent to an activating group) is 1. The van der Waals surface area contributed by atoms with Crippen molar-refractivity contribution in [3.63, 3.8) is 0 Å². The monoisotopic (exact) mass is 346 g/mol. The van der Waals surface area contributed by atoms with Gasteiger partial charge in [-0.2, -0.15) is 0 Å². The number of nitrogens with zero attached hydrogens (tertiary/aromatic N) is 1. The molecule has 2 saturated heterocycles. The van der Waals surface area contributed by atoms with E-state index in [9.17, 15) is 0 Å². The summed E-state index contributed by atoms with van der Waals surface area (Å²) in [6.07, 6.45) is 5.22. The number of ether oxygens (including phenoxy) is 2. The van der Waals surface area contributed by atoms with Crippen molar-refractivity contribution >= 4 is 0 Å². The lowest BCUT2D eigenvalue weighted by molar-refractivity contribution is 0.0277. The van der Waals surface area contributed by atoms with Gasteiger partial charge >= 0.3 is 0 Å². The first-order valence-electron chi connectivity index (χ1n) is 9.76. The first kappa shape index (κ1) is 18.5. The van der Waals surface area contributed by atoms with E-state index in [1.54, 1.807) is 14.2 Å². The second kappa shape index (κ2) is 7.16. The van der Waals surface area contributed by atoms with Crippen molar-refractivity contribution in [2.45, 2.75) is 51.0 Å². The average Bonchev–Trinajstić information content (AvgIpc) is 2.98. The third-order valence-electron chi connectivity index (χ3n) is 6.77. The van der Waals surface area contributed by atoms with Crippen LogP contribution in [0.25, 0.3) is 0 Å². The van der Waals surface area contributed by atoms with Crippen LogP contribution in [0.2, 0.25) is 0 Å². The number of likely N-dealkylation sites (tertiary alicyclic amines) is 1. The molecular weight excluding hydrogens is 312 g/mol. The van der Waals surface area contributed by atoms with Crippen molar-refractivity contribution < 1.29 is 9.47 Å². The SMILES string of the molecule is CC.COc1ccc([C@]23CCN(C)[C@H]2CC2(CC3)CNC2)cc1OC. The lowest BCUT2D eigenvalue weighted by Gasteiger charge is -2.54. The molecule has 0 amide bonds. The van der Waals surface area contributed by atoms with Crippen LogP contribution in [0.3, 0.4) is 0 Å². The van der Waals surface area contributed by atoms with E-state index in [1.165, 1.54) is 50.9 Å². The molecule has 1 aliphatic carbocycles. The van der Waals surface area contributed by atoms with Gasteiger partial charge < -0.3 is 19.7 Å². The Labute approximate surface area is 152 Å². The summed E-state index contributed by atoms with van der Waals surface area (Å²) in [5.74, 6) is 1.68. The zero-order valence-electron chi connectivity index (χ0n) is 16.5. The topological polar surface area (TPSA) is 33.7 Å². The number of fused-ring (bicyclic) bond motifs is 1. The zero-order chi connectivity index (χ0) is 18.1. The second-order valence-corrected chi connectivity index (χ2v) is 7.78. The number of benzene rings is 1. The van der Waals surface area contributed by atoms with Crippen LogP contribution in [-0.4, -0.2) is 51.8 Å². The van der Waals surface area contributed by atoms with Crippen molar-refractivity contribution in [3.05, 3.63) is 23.8 Å². The first-order valence-corrected chi connectivity index (χ1v) is 9.76. The minimum atomic E-state index is 0.287. The maximum atomic E-state index is 5.56. The summed E-state index contributed by atoms with van der Waals surface area (Å²) in [5, 5.41) is 3.50. The lowest BCUT2D eigenvalue weighted by Crippen LogP contribution is -2.61. The van der Waals surface area contributed by atoms with Gasteiger partial charge in [-0.15, -0.1) is 0 Å². The molecule has 4 heteroatoms. The number of nitrogens with one attached hydrogen (secondary N) is 1. The third-order valence-corrected chi connectivity index (χ3v) is 6.77. The molecule has 1 aromatic rings. The maximum absolute atomic E-state index is 5.56. The molecule has 2 atom stereocenters. The molecule has 2 heterocycles. The molecule has 1 saturated carbocycles. The van der Waals surface area contributed by atoms with Crippen LogP contribution in [0.4, 0.5) is 0 Å². The highest BCUT2D eigenvalue weighted by Crippen LogP contribution is 2.55. The Morgan fingerprint density at radius 1 is 1.04 bits per heavy atom. The first-order chi connectivity index (χ1) is 12.1. The van der Waals surface area contributed by atoms with Gasteiger partial charge in [-0.1, -0.05) is 19.9 Å². The van der Waals surface area contributed by atoms with Crippen LogP contribution < -0.4 is 14.8 Å². The smallest absolute Gasteiger partial charge is 0.161 e.